The van der Waals surface area contributed by atoms with E-state index in [1.54, 1.807) is 11.1 Å². The average Bonchev–Trinajstić information content (AvgIpc) is 4.09. The SMILES string of the molecule is CN1CCN([C@@H]2CCCN(c3cnc(C(N)=O)c(Nc4ccc(C5CCN(C[C@H]6CCC(c7cc8[nH]ccc8c8c(C9CCC(=O)NC9=O)noc78)C6)CC5)cc4)n3)C2)C1=O. The zero-order valence-corrected chi connectivity index (χ0v) is 34.6. The summed E-state index contributed by atoms with van der Waals surface area (Å²) in [6, 6.07) is 12.8. The highest BCUT2D eigenvalue weighted by Gasteiger charge is 2.37. The van der Waals surface area contributed by atoms with Gasteiger partial charge < -0.3 is 40.2 Å². The monoisotopic (exact) mass is 827 g/mol. The number of likely N-dealkylation sites (tertiary alicyclic amines) is 1. The molecule has 5 N–H and O–H groups in total. The highest BCUT2D eigenvalue weighted by Crippen LogP contribution is 2.45. The van der Waals surface area contributed by atoms with Crippen LogP contribution in [0.1, 0.15) is 103 Å². The van der Waals surface area contributed by atoms with Gasteiger partial charge in [-0.1, -0.05) is 17.3 Å². The zero-order chi connectivity index (χ0) is 41.8. The molecule has 2 unspecified atom stereocenters. The van der Waals surface area contributed by atoms with Gasteiger partial charge >= 0.3 is 6.03 Å². The number of rotatable bonds is 10. The maximum absolute atomic E-state index is 12.8. The van der Waals surface area contributed by atoms with E-state index in [1.807, 2.05) is 36.3 Å². The van der Waals surface area contributed by atoms with Crippen molar-refractivity contribution in [3.8, 4) is 0 Å². The lowest BCUT2D eigenvalue weighted by atomic mass is 9.88. The van der Waals surface area contributed by atoms with E-state index in [2.05, 4.69) is 53.8 Å². The van der Waals surface area contributed by atoms with Crippen molar-refractivity contribution >= 4 is 62.9 Å². The minimum atomic E-state index is -0.647. The van der Waals surface area contributed by atoms with E-state index < -0.39 is 11.8 Å². The summed E-state index contributed by atoms with van der Waals surface area (Å²) in [5.74, 6) is 0.665. The fourth-order valence-corrected chi connectivity index (χ4v) is 10.7. The van der Waals surface area contributed by atoms with Gasteiger partial charge in [0.2, 0.25) is 11.8 Å². The first-order valence-electron chi connectivity index (χ1n) is 21.9. The fraction of sp³-hybridized carbons (Fsp3) is 0.489. The Labute approximate surface area is 353 Å². The van der Waals surface area contributed by atoms with Crippen molar-refractivity contribution in [3.05, 3.63) is 71.3 Å². The first-order chi connectivity index (χ1) is 29.7. The lowest BCUT2D eigenvalue weighted by Crippen LogP contribution is -2.49. The number of imide groups is 1. The first-order valence-corrected chi connectivity index (χ1v) is 21.9. The number of fused-ring (bicyclic) bond motifs is 3. The van der Waals surface area contributed by atoms with Crippen molar-refractivity contribution < 1.29 is 23.7 Å². The highest BCUT2D eigenvalue weighted by atomic mass is 16.5. The number of piperidine rings is 3. The summed E-state index contributed by atoms with van der Waals surface area (Å²) in [5.41, 5.74) is 11.5. The molecule has 4 aliphatic heterocycles. The number of amides is 5. The number of hydrogen-bond acceptors (Lipinski definition) is 11. The molecule has 0 spiro atoms. The molecule has 5 fully saturated rings. The number of benzene rings is 2. The number of hydrogen-bond donors (Lipinski definition) is 4. The largest absolute Gasteiger partial charge is 0.364 e. The van der Waals surface area contributed by atoms with Crippen LogP contribution < -0.4 is 21.3 Å². The standard InChI is InChI=1S/C45H53N11O5/c1-53-19-20-56(45(53)60)31-3-2-16-55(25-31)36-23-48-40(42(46)58)43(50-36)49-30-8-6-27(7-9-30)28-13-17-54(18-14-28)24-26-4-5-29(21-26)34-22-35-32(12-15-47-35)38-39(52-61-41(34)38)33-10-11-37(57)51-44(33)59/h6-9,12,15,22-23,26,28-29,31,33,47H,2-5,10-11,13-14,16-21,24-25H2,1H3,(H2,46,58)(H,49,50)(H,51,57,59)/t26-,29?,31+,33?/m0/s1. The van der Waals surface area contributed by atoms with Crippen LogP contribution in [-0.2, 0) is 9.59 Å². The number of aromatic nitrogens is 4. The Kier molecular flexibility index (Phi) is 10.3. The second kappa shape index (κ2) is 16.1. The number of H-pyrrole nitrogens is 1. The number of nitrogens with one attached hydrogen (secondary N) is 3. The van der Waals surface area contributed by atoms with Gasteiger partial charge in [-0.3, -0.25) is 19.7 Å². The van der Waals surface area contributed by atoms with E-state index in [0.29, 0.717) is 54.5 Å². The molecule has 4 atom stereocenters. The van der Waals surface area contributed by atoms with Crippen LogP contribution in [-0.4, -0.2) is 117 Å². The predicted octanol–water partition coefficient (Wildman–Crippen LogP) is 5.56. The van der Waals surface area contributed by atoms with Crippen molar-refractivity contribution in [1.82, 2.24) is 40.1 Å². The number of carbonyl (C=O) groups excluding carboxylic acids is 4. The molecule has 5 aromatic rings. The van der Waals surface area contributed by atoms with Crippen LogP contribution in [0, 0.1) is 5.92 Å². The summed E-state index contributed by atoms with van der Waals surface area (Å²) < 4.78 is 6.06. The van der Waals surface area contributed by atoms with Gasteiger partial charge in [0.25, 0.3) is 5.91 Å². The quantitative estimate of drug-likeness (QED) is 0.129. The molecule has 0 bridgehead atoms. The molecule has 61 heavy (non-hydrogen) atoms. The molecule has 1 saturated carbocycles. The number of aromatic amines is 1. The summed E-state index contributed by atoms with van der Waals surface area (Å²) >= 11 is 0. The van der Waals surface area contributed by atoms with Crippen molar-refractivity contribution in [1.29, 1.82) is 0 Å². The summed E-state index contributed by atoms with van der Waals surface area (Å²) in [5, 5.41) is 12.2. The van der Waals surface area contributed by atoms with E-state index in [1.165, 1.54) is 5.56 Å². The smallest absolute Gasteiger partial charge is 0.320 e. The van der Waals surface area contributed by atoms with Gasteiger partial charge in [0, 0.05) is 74.5 Å². The highest BCUT2D eigenvalue weighted by molar-refractivity contribution is 6.10. The molecule has 318 valence electrons. The van der Waals surface area contributed by atoms with Crippen molar-refractivity contribution in [2.24, 2.45) is 11.7 Å². The molecule has 2 aromatic carbocycles. The molecule has 0 radical (unpaired) electrons. The third-order valence-corrected chi connectivity index (χ3v) is 14.0. The predicted molar refractivity (Wildman–Crippen MR) is 230 cm³/mol. The number of anilines is 3. The molecular formula is C45H53N11O5. The van der Waals surface area contributed by atoms with Gasteiger partial charge in [-0.25, -0.2) is 14.8 Å². The summed E-state index contributed by atoms with van der Waals surface area (Å²) in [4.78, 5) is 71.0. The normalized spacial score (nSPS) is 24.3. The zero-order valence-electron chi connectivity index (χ0n) is 34.6. The Morgan fingerprint density at radius 1 is 0.967 bits per heavy atom. The van der Waals surface area contributed by atoms with Gasteiger partial charge in [0.1, 0.15) is 11.5 Å². The lowest BCUT2D eigenvalue weighted by Gasteiger charge is -2.37. The van der Waals surface area contributed by atoms with Crippen molar-refractivity contribution in [3.63, 3.8) is 0 Å². The lowest BCUT2D eigenvalue weighted by molar-refractivity contribution is -0.134. The molecule has 3 aromatic heterocycles. The molecule has 16 nitrogen and oxygen atoms in total. The average molecular weight is 828 g/mol. The topological polar surface area (TPSA) is 199 Å². The Morgan fingerprint density at radius 2 is 1.80 bits per heavy atom. The molecule has 16 heteroatoms. The summed E-state index contributed by atoms with van der Waals surface area (Å²) in [6.07, 6.45) is 11.6. The Morgan fingerprint density at radius 3 is 2.57 bits per heavy atom. The number of nitrogens with two attached hydrogens (primary N) is 1. The van der Waals surface area contributed by atoms with Gasteiger partial charge in [0.05, 0.1) is 23.5 Å². The summed E-state index contributed by atoms with van der Waals surface area (Å²) in [6.45, 7) is 6.09. The second-order valence-corrected chi connectivity index (χ2v) is 17.8. The Bertz CT molecular complexity index is 2490. The third-order valence-electron chi connectivity index (χ3n) is 14.0. The van der Waals surface area contributed by atoms with E-state index in [-0.39, 0.29) is 29.6 Å². The van der Waals surface area contributed by atoms with Crippen molar-refractivity contribution in [2.75, 3.05) is 63.1 Å². The van der Waals surface area contributed by atoms with E-state index in [0.717, 1.165) is 117 Å². The first kappa shape index (κ1) is 39.1. The molecule has 1 aliphatic carbocycles. The maximum Gasteiger partial charge on any atom is 0.320 e. The van der Waals surface area contributed by atoms with Crippen LogP contribution in [0.25, 0.3) is 21.9 Å². The molecule has 5 aliphatic rings. The van der Waals surface area contributed by atoms with Gasteiger partial charge in [-0.15, -0.1) is 0 Å². The third kappa shape index (κ3) is 7.55. The minimum absolute atomic E-state index is 0.0695. The van der Waals surface area contributed by atoms with Gasteiger partial charge in [-0.2, -0.15) is 0 Å². The Balaban J connectivity index is 0.754. The minimum Gasteiger partial charge on any atom is -0.364 e. The molecule has 4 saturated heterocycles. The molecule has 5 amide bonds. The summed E-state index contributed by atoms with van der Waals surface area (Å²) in [7, 11) is 1.84. The molecule has 10 rings (SSSR count). The molecule has 7 heterocycles. The fourth-order valence-electron chi connectivity index (χ4n) is 10.7. The van der Waals surface area contributed by atoms with E-state index in [9.17, 15) is 19.2 Å². The maximum atomic E-state index is 12.8. The second-order valence-electron chi connectivity index (χ2n) is 17.8. The van der Waals surface area contributed by atoms with E-state index in [4.69, 9.17) is 15.2 Å². The van der Waals surface area contributed by atoms with E-state index >= 15 is 0 Å². The number of likely N-dealkylation sites (N-methyl/N-ethyl adjacent to an activating group) is 1. The van der Waals surface area contributed by atoms with Crippen LogP contribution >= 0.6 is 0 Å². The Hall–Kier alpha value is -6.03. The number of carbonyl (C=O) groups is 4. The van der Waals surface area contributed by atoms with Crippen LogP contribution in [0.2, 0.25) is 0 Å². The van der Waals surface area contributed by atoms with Crippen LogP contribution in [0.4, 0.5) is 22.1 Å². The van der Waals surface area contributed by atoms with Crippen LogP contribution in [0.3, 0.4) is 0 Å². The van der Waals surface area contributed by atoms with Crippen LogP contribution in [0.5, 0.6) is 0 Å². The number of nitrogens with zero attached hydrogens (tertiary/aromatic N) is 7. The van der Waals surface area contributed by atoms with Crippen LogP contribution in [0.15, 0.2) is 53.3 Å². The molecular weight excluding hydrogens is 775 g/mol. The van der Waals surface area contributed by atoms with Gasteiger partial charge in [0.15, 0.2) is 17.1 Å². The number of primary amides is 1. The number of urea groups is 1. The van der Waals surface area contributed by atoms with Gasteiger partial charge in [-0.05, 0) is 112 Å². The van der Waals surface area contributed by atoms with Crippen molar-refractivity contribution in [2.45, 2.75) is 81.6 Å².